The molecule has 3 aliphatic rings. The standard InChI is InChI=1S/C14H22N2O3/c1-2-5-16(7-10(17)18)14(19)15-13-11-8-3-4-9(6-8)12(11)13/h8-9,11-13H,2-7H2,1H3,(H,15,19)(H,17,18). The SMILES string of the molecule is CCCN(CC(=O)O)C(=O)NC1C2C3CCC(C3)C12. The van der Waals surface area contributed by atoms with Crippen molar-refractivity contribution in [1.82, 2.24) is 10.2 Å². The zero-order valence-electron chi connectivity index (χ0n) is 11.3. The summed E-state index contributed by atoms with van der Waals surface area (Å²) < 4.78 is 0. The van der Waals surface area contributed by atoms with Gasteiger partial charge in [0.25, 0.3) is 0 Å². The number of urea groups is 1. The Morgan fingerprint density at radius 1 is 1.26 bits per heavy atom. The van der Waals surface area contributed by atoms with Gasteiger partial charge in [-0.3, -0.25) is 4.79 Å². The van der Waals surface area contributed by atoms with E-state index in [0.717, 1.165) is 18.3 Å². The third-order valence-electron chi connectivity index (χ3n) is 5.13. The van der Waals surface area contributed by atoms with Crippen LogP contribution in [-0.2, 0) is 4.79 Å². The van der Waals surface area contributed by atoms with Crippen molar-refractivity contribution >= 4 is 12.0 Å². The van der Waals surface area contributed by atoms with E-state index in [1.807, 2.05) is 6.92 Å². The maximum Gasteiger partial charge on any atom is 0.323 e. The van der Waals surface area contributed by atoms with Crippen molar-refractivity contribution in [1.29, 1.82) is 0 Å². The molecule has 0 aromatic carbocycles. The van der Waals surface area contributed by atoms with E-state index < -0.39 is 5.97 Å². The molecule has 2 bridgehead atoms. The minimum atomic E-state index is -0.945. The van der Waals surface area contributed by atoms with E-state index in [1.165, 1.54) is 24.2 Å². The Hall–Kier alpha value is -1.26. The monoisotopic (exact) mass is 266 g/mol. The first kappa shape index (κ1) is 12.8. The summed E-state index contributed by atoms with van der Waals surface area (Å²) in [5.41, 5.74) is 0. The van der Waals surface area contributed by atoms with Crippen LogP contribution in [0.4, 0.5) is 4.79 Å². The first-order valence-corrected chi connectivity index (χ1v) is 7.39. The molecular formula is C14H22N2O3. The Labute approximate surface area is 113 Å². The number of carbonyl (C=O) groups is 2. The minimum Gasteiger partial charge on any atom is -0.480 e. The Balaban J connectivity index is 1.55. The van der Waals surface area contributed by atoms with Crippen molar-refractivity contribution in [3.05, 3.63) is 0 Å². The summed E-state index contributed by atoms with van der Waals surface area (Å²) in [7, 11) is 0. The van der Waals surface area contributed by atoms with Gasteiger partial charge in [0.2, 0.25) is 0 Å². The van der Waals surface area contributed by atoms with Crippen LogP contribution in [0.5, 0.6) is 0 Å². The van der Waals surface area contributed by atoms with Gasteiger partial charge >= 0.3 is 12.0 Å². The van der Waals surface area contributed by atoms with Crippen molar-refractivity contribution in [2.24, 2.45) is 23.7 Å². The van der Waals surface area contributed by atoms with Crippen molar-refractivity contribution in [2.45, 2.75) is 38.6 Å². The number of rotatable bonds is 5. The minimum absolute atomic E-state index is 0.192. The molecule has 4 unspecified atom stereocenters. The van der Waals surface area contributed by atoms with Crippen LogP contribution in [0.15, 0.2) is 0 Å². The molecule has 3 fully saturated rings. The van der Waals surface area contributed by atoms with Crippen LogP contribution in [0.1, 0.15) is 32.6 Å². The predicted octanol–water partition coefficient (Wildman–Crippen LogP) is 1.54. The maximum atomic E-state index is 12.1. The summed E-state index contributed by atoms with van der Waals surface area (Å²) in [6.07, 6.45) is 4.79. The topological polar surface area (TPSA) is 69.6 Å². The second-order valence-corrected chi connectivity index (χ2v) is 6.28. The van der Waals surface area contributed by atoms with Gasteiger partial charge in [0.1, 0.15) is 6.54 Å². The summed E-state index contributed by atoms with van der Waals surface area (Å²) >= 11 is 0. The largest absolute Gasteiger partial charge is 0.480 e. The second kappa shape index (κ2) is 4.69. The van der Waals surface area contributed by atoms with Crippen LogP contribution in [0.3, 0.4) is 0 Å². The summed E-state index contributed by atoms with van der Waals surface area (Å²) in [5, 5.41) is 11.9. The molecule has 0 heterocycles. The molecule has 0 aromatic rings. The highest BCUT2D eigenvalue weighted by atomic mass is 16.4. The summed E-state index contributed by atoms with van der Waals surface area (Å²) in [6.45, 7) is 2.26. The lowest BCUT2D eigenvalue weighted by Gasteiger charge is -2.21. The highest BCUT2D eigenvalue weighted by Crippen LogP contribution is 2.65. The summed E-state index contributed by atoms with van der Waals surface area (Å²) in [5.74, 6) is 2.07. The number of carboxylic acid groups (broad SMARTS) is 1. The average molecular weight is 266 g/mol. The molecule has 3 aliphatic carbocycles. The van der Waals surface area contributed by atoms with Gasteiger partial charge in [0.05, 0.1) is 0 Å². The number of nitrogens with zero attached hydrogens (tertiary/aromatic N) is 1. The number of carboxylic acids is 1. The summed E-state index contributed by atoms with van der Waals surface area (Å²) in [6, 6.07) is 0.134. The van der Waals surface area contributed by atoms with E-state index in [9.17, 15) is 9.59 Å². The Morgan fingerprint density at radius 3 is 2.42 bits per heavy atom. The molecule has 106 valence electrons. The molecule has 0 radical (unpaired) electrons. The highest BCUT2D eigenvalue weighted by molar-refractivity contribution is 5.80. The van der Waals surface area contributed by atoms with E-state index in [1.54, 1.807) is 0 Å². The molecule has 5 heteroatoms. The predicted molar refractivity (Wildman–Crippen MR) is 69.6 cm³/mol. The number of carbonyl (C=O) groups excluding carboxylic acids is 1. The van der Waals surface area contributed by atoms with Gasteiger partial charge in [-0.05, 0) is 49.4 Å². The lowest BCUT2D eigenvalue weighted by molar-refractivity contribution is -0.137. The molecule has 3 rings (SSSR count). The molecule has 0 aromatic heterocycles. The Kier molecular flexibility index (Phi) is 3.15. The average Bonchev–Trinajstić information content (AvgIpc) is 2.76. The fourth-order valence-electron chi connectivity index (χ4n) is 4.44. The summed E-state index contributed by atoms with van der Waals surface area (Å²) in [4.78, 5) is 24.3. The van der Waals surface area contributed by atoms with E-state index in [-0.39, 0.29) is 12.6 Å². The molecule has 0 spiro atoms. The lowest BCUT2D eigenvalue weighted by Crippen LogP contribution is -2.45. The van der Waals surface area contributed by atoms with Crippen molar-refractivity contribution in [3.8, 4) is 0 Å². The molecular weight excluding hydrogens is 244 g/mol. The van der Waals surface area contributed by atoms with Gasteiger partial charge in [-0.1, -0.05) is 6.92 Å². The molecule has 0 saturated heterocycles. The lowest BCUT2D eigenvalue weighted by atomic mass is 10.0. The van der Waals surface area contributed by atoms with Gasteiger partial charge < -0.3 is 15.3 Å². The quantitative estimate of drug-likeness (QED) is 0.793. The molecule has 3 saturated carbocycles. The fourth-order valence-corrected chi connectivity index (χ4v) is 4.44. The van der Waals surface area contributed by atoms with Gasteiger partial charge in [-0.25, -0.2) is 4.79 Å². The van der Waals surface area contributed by atoms with Crippen LogP contribution in [0.2, 0.25) is 0 Å². The van der Waals surface area contributed by atoms with Crippen LogP contribution in [0, 0.1) is 23.7 Å². The van der Waals surface area contributed by atoms with E-state index >= 15 is 0 Å². The zero-order chi connectivity index (χ0) is 13.6. The number of fused-ring (bicyclic) bond motifs is 5. The molecule has 5 nitrogen and oxygen atoms in total. The smallest absolute Gasteiger partial charge is 0.323 e. The zero-order valence-corrected chi connectivity index (χ0v) is 11.3. The number of hydrogen-bond acceptors (Lipinski definition) is 2. The number of nitrogens with one attached hydrogen (secondary N) is 1. The number of hydrogen-bond donors (Lipinski definition) is 2. The molecule has 0 aliphatic heterocycles. The van der Waals surface area contributed by atoms with E-state index in [2.05, 4.69) is 5.32 Å². The fraction of sp³-hybridized carbons (Fsp3) is 0.857. The first-order chi connectivity index (χ1) is 9.11. The van der Waals surface area contributed by atoms with Crippen LogP contribution in [-0.4, -0.2) is 41.1 Å². The van der Waals surface area contributed by atoms with Crippen molar-refractivity contribution < 1.29 is 14.7 Å². The Bertz CT molecular complexity index is 382. The van der Waals surface area contributed by atoms with Gasteiger partial charge in [-0.2, -0.15) is 0 Å². The van der Waals surface area contributed by atoms with Crippen molar-refractivity contribution in [3.63, 3.8) is 0 Å². The third kappa shape index (κ3) is 2.19. The Morgan fingerprint density at radius 2 is 1.89 bits per heavy atom. The van der Waals surface area contributed by atoms with Crippen LogP contribution < -0.4 is 5.32 Å². The third-order valence-corrected chi connectivity index (χ3v) is 5.13. The second-order valence-electron chi connectivity index (χ2n) is 6.28. The van der Waals surface area contributed by atoms with Crippen LogP contribution in [0.25, 0.3) is 0 Å². The molecule has 4 atom stereocenters. The van der Waals surface area contributed by atoms with Gasteiger partial charge in [0.15, 0.2) is 0 Å². The van der Waals surface area contributed by atoms with Crippen molar-refractivity contribution in [2.75, 3.05) is 13.1 Å². The number of aliphatic carboxylic acids is 1. The molecule has 2 amide bonds. The highest BCUT2D eigenvalue weighted by Gasteiger charge is 2.65. The van der Waals surface area contributed by atoms with E-state index in [4.69, 9.17) is 5.11 Å². The maximum absolute atomic E-state index is 12.1. The number of amides is 2. The van der Waals surface area contributed by atoms with Gasteiger partial charge in [0, 0.05) is 12.6 Å². The molecule has 2 N–H and O–H groups in total. The van der Waals surface area contributed by atoms with Crippen LogP contribution >= 0.6 is 0 Å². The van der Waals surface area contributed by atoms with E-state index in [0.29, 0.717) is 24.4 Å². The molecule has 19 heavy (non-hydrogen) atoms. The first-order valence-electron chi connectivity index (χ1n) is 7.39. The van der Waals surface area contributed by atoms with Gasteiger partial charge in [-0.15, -0.1) is 0 Å². The normalized spacial score (nSPS) is 37.8.